The van der Waals surface area contributed by atoms with Gasteiger partial charge in [0.05, 0.1) is 18.3 Å². The van der Waals surface area contributed by atoms with Gasteiger partial charge in [0.1, 0.15) is 5.82 Å². The Morgan fingerprint density at radius 2 is 1.95 bits per heavy atom. The van der Waals surface area contributed by atoms with Crippen LogP contribution in [0.1, 0.15) is 20.8 Å². The number of aliphatic hydroxyl groups excluding tert-OH is 1. The van der Waals surface area contributed by atoms with E-state index in [0.717, 1.165) is 32.0 Å². The smallest absolute Gasteiger partial charge is 0.128 e. The average Bonchev–Trinajstić information content (AvgIpc) is 2.46. The first-order chi connectivity index (χ1) is 9.94. The van der Waals surface area contributed by atoms with Crippen molar-refractivity contribution in [1.29, 1.82) is 0 Å². The SMILES string of the molecule is CC(C)(C)OCC(O)CN1CCN(c2ccccn2)CC1. The van der Waals surface area contributed by atoms with Gasteiger partial charge in [0, 0.05) is 38.9 Å². The molecule has 0 aliphatic carbocycles. The van der Waals surface area contributed by atoms with Crippen LogP contribution in [0, 0.1) is 0 Å². The van der Waals surface area contributed by atoms with E-state index >= 15 is 0 Å². The molecular weight excluding hydrogens is 266 g/mol. The minimum absolute atomic E-state index is 0.196. The van der Waals surface area contributed by atoms with Gasteiger partial charge in [-0.3, -0.25) is 4.90 Å². The Balaban J connectivity index is 1.72. The third kappa shape index (κ3) is 5.61. The molecule has 1 aromatic heterocycles. The van der Waals surface area contributed by atoms with Crippen LogP contribution in [0.25, 0.3) is 0 Å². The number of nitrogens with zero attached hydrogens (tertiary/aromatic N) is 3. The van der Waals surface area contributed by atoms with Crippen molar-refractivity contribution in [2.24, 2.45) is 0 Å². The van der Waals surface area contributed by atoms with Crippen LogP contribution in [-0.4, -0.2) is 66.0 Å². The fourth-order valence-corrected chi connectivity index (χ4v) is 2.40. The Kier molecular flexibility index (Phi) is 5.56. The molecular formula is C16H27N3O2. The van der Waals surface area contributed by atoms with Gasteiger partial charge in [-0.2, -0.15) is 0 Å². The van der Waals surface area contributed by atoms with Gasteiger partial charge in [0.2, 0.25) is 0 Å². The predicted octanol–water partition coefficient (Wildman–Crippen LogP) is 1.38. The highest BCUT2D eigenvalue weighted by Crippen LogP contribution is 2.13. The van der Waals surface area contributed by atoms with Gasteiger partial charge < -0.3 is 14.7 Å². The van der Waals surface area contributed by atoms with Crippen molar-refractivity contribution in [3.63, 3.8) is 0 Å². The van der Waals surface area contributed by atoms with Crippen molar-refractivity contribution in [3.05, 3.63) is 24.4 Å². The minimum Gasteiger partial charge on any atom is -0.389 e. The second-order valence-corrected chi connectivity index (χ2v) is 6.55. The fraction of sp³-hybridized carbons (Fsp3) is 0.688. The third-order valence-corrected chi connectivity index (χ3v) is 3.52. The van der Waals surface area contributed by atoms with Crippen molar-refractivity contribution in [3.8, 4) is 0 Å². The van der Waals surface area contributed by atoms with Crippen LogP contribution >= 0.6 is 0 Å². The maximum atomic E-state index is 10.1. The molecule has 5 nitrogen and oxygen atoms in total. The van der Waals surface area contributed by atoms with Crippen LogP contribution in [-0.2, 0) is 4.74 Å². The Morgan fingerprint density at radius 1 is 1.24 bits per heavy atom. The molecule has 0 aromatic carbocycles. The number of aliphatic hydroxyl groups is 1. The lowest BCUT2D eigenvalue weighted by Crippen LogP contribution is -2.49. The van der Waals surface area contributed by atoms with Crippen molar-refractivity contribution >= 4 is 5.82 Å². The van der Waals surface area contributed by atoms with Crippen molar-refractivity contribution in [2.75, 3.05) is 44.2 Å². The Bertz CT molecular complexity index is 411. The summed E-state index contributed by atoms with van der Waals surface area (Å²) in [6.45, 7) is 10.9. The molecule has 1 unspecified atom stereocenters. The maximum absolute atomic E-state index is 10.1. The largest absolute Gasteiger partial charge is 0.389 e. The molecule has 1 atom stereocenters. The molecule has 1 fully saturated rings. The molecule has 1 saturated heterocycles. The van der Waals surface area contributed by atoms with Crippen LogP contribution in [0.15, 0.2) is 24.4 Å². The first-order valence-electron chi connectivity index (χ1n) is 7.64. The molecule has 2 heterocycles. The zero-order valence-corrected chi connectivity index (χ0v) is 13.3. The Hall–Kier alpha value is -1.17. The molecule has 0 radical (unpaired) electrons. The summed E-state index contributed by atoms with van der Waals surface area (Å²) in [5.74, 6) is 1.04. The monoisotopic (exact) mass is 293 g/mol. The fourth-order valence-electron chi connectivity index (χ4n) is 2.40. The van der Waals surface area contributed by atoms with E-state index < -0.39 is 6.10 Å². The van der Waals surface area contributed by atoms with E-state index in [1.807, 2.05) is 45.2 Å². The molecule has 1 aliphatic heterocycles. The summed E-state index contributed by atoms with van der Waals surface area (Å²) in [7, 11) is 0. The first-order valence-corrected chi connectivity index (χ1v) is 7.64. The molecule has 118 valence electrons. The lowest BCUT2D eigenvalue weighted by molar-refractivity contribution is -0.0563. The molecule has 0 amide bonds. The zero-order valence-electron chi connectivity index (χ0n) is 13.3. The summed E-state index contributed by atoms with van der Waals surface area (Å²) in [4.78, 5) is 8.96. The molecule has 1 N–H and O–H groups in total. The molecule has 0 spiro atoms. The summed E-state index contributed by atoms with van der Waals surface area (Å²) >= 11 is 0. The van der Waals surface area contributed by atoms with E-state index in [0.29, 0.717) is 13.2 Å². The van der Waals surface area contributed by atoms with Crippen LogP contribution in [0.2, 0.25) is 0 Å². The van der Waals surface area contributed by atoms with Gasteiger partial charge in [-0.25, -0.2) is 4.98 Å². The summed E-state index contributed by atoms with van der Waals surface area (Å²) in [6, 6.07) is 6.00. The highest BCUT2D eigenvalue weighted by Gasteiger charge is 2.21. The number of β-amino-alcohol motifs (C(OH)–C–C–N with tert-alkyl or cyclic N) is 1. The van der Waals surface area contributed by atoms with Gasteiger partial charge in [0.15, 0.2) is 0 Å². The third-order valence-electron chi connectivity index (χ3n) is 3.52. The quantitative estimate of drug-likeness (QED) is 0.889. The number of aromatic nitrogens is 1. The molecule has 1 aliphatic rings. The summed E-state index contributed by atoms with van der Waals surface area (Å²) in [5, 5.41) is 10.1. The van der Waals surface area contributed by atoms with Crippen LogP contribution in [0.4, 0.5) is 5.82 Å². The first kappa shape index (κ1) is 16.2. The number of rotatable bonds is 5. The van der Waals surface area contributed by atoms with Crippen LogP contribution in [0.3, 0.4) is 0 Å². The number of piperazine rings is 1. The predicted molar refractivity (Wildman–Crippen MR) is 84.6 cm³/mol. The van der Waals surface area contributed by atoms with Gasteiger partial charge in [-0.1, -0.05) is 6.07 Å². The van der Waals surface area contributed by atoms with Gasteiger partial charge >= 0.3 is 0 Å². The molecule has 0 bridgehead atoms. The highest BCUT2D eigenvalue weighted by atomic mass is 16.5. The van der Waals surface area contributed by atoms with Gasteiger partial charge in [0.25, 0.3) is 0 Å². The van der Waals surface area contributed by atoms with Crippen molar-refractivity contribution in [2.45, 2.75) is 32.5 Å². The van der Waals surface area contributed by atoms with E-state index in [9.17, 15) is 5.11 Å². The topological polar surface area (TPSA) is 48.8 Å². The van der Waals surface area contributed by atoms with E-state index in [4.69, 9.17) is 4.74 Å². The van der Waals surface area contributed by atoms with E-state index in [1.54, 1.807) is 0 Å². The average molecular weight is 293 g/mol. The molecule has 21 heavy (non-hydrogen) atoms. The molecule has 0 saturated carbocycles. The molecule has 2 rings (SSSR count). The summed E-state index contributed by atoms with van der Waals surface area (Å²) in [5.41, 5.74) is -0.196. The van der Waals surface area contributed by atoms with Crippen LogP contribution in [0.5, 0.6) is 0 Å². The summed E-state index contributed by atoms with van der Waals surface area (Å²) in [6.07, 6.45) is 1.40. The van der Waals surface area contributed by atoms with Crippen molar-refractivity contribution < 1.29 is 9.84 Å². The second-order valence-electron chi connectivity index (χ2n) is 6.55. The van der Waals surface area contributed by atoms with E-state index in [-0.39, 0.29) is 5.60 Å². The minimum atomic E-state index is -0.425. The number of anilines is 1. The summed E-state index contributed by atoms with van der Waals surface area (Å²) < 4.78 is 5.63. The van der Waals surface area contributed by atoms with Gasteiger partial charge in [-0.05, 0) is 32.9 Å². The van der Waals surface area contributed by atoms with E-state index in [2.05, 4.69) is 14.8 Å². The number of hydrogen-bond acceptors (Lipinski definition) is 5. The number of hydrogen-bond donors (Lipinski definition) is 1. The van der Waals surface area contributed by atoms with E-state index in [1.165, 1.54) is 0 Å². The highest BCUT2D eigenvalue weighted by molar-refractivity contribution is 5.38. The number of pyridine rings is 1. The number of ether oxygens (including phenoxy) is 1. The second kappa shape index (κ2) is 7.20. The molecule has 1 aromatic rings. The van der Waals surface area contributed by atoms with Crippen molar-refractivity contribution in [1.82, 2.24) is 9.88 Å². The Morgan fingerprint density at radius 3 is 2.52 bits per heavy atom. The Labute approximate surface area is 127 Å². The molecule has 5 heteroatoms. The maximum Gasteiger partial charge on any atom is 0.128 e. The standard InChI is InChI=1S/C16H27N3O2/c1-16(2,3)21-13-14(20)12-18-8-10-19(11-9-18)15-6-4-5-7-17-15/h4-7,14,20H,8-13H2,1-3H3. The van der Waals surface area contributed by atoms with Crippen LogP contribution < -0.4 is 4.90 Å². The lowest BCUT2D eigenvalue weighted by Gasteiger charge is -2.36. The zero-order chi connectivity index (χ0) is 15.3. The lowest BCUT2D eigenvalue weighted by atomic mass is 10.2. The normalized spacial score (nSPS) is 18.8. The van der Waals surface area contributed by atoms with Gasteiger partial charge in [-0.15, -0.1) is 0 Å².